The second-order valence-corrected chi connectivity index (χ2v) is 20.0. The number of nitrogens with zero attached hydrogens (tertiary/aromatic N) is 2. The molecule has 0 spiro atoms. The number of urea groups is 1. The number of nitrogens with one attached hydrogen (secondary N) is 8. The summed E-state index contributed by atoms with van der Waals surface area (Å²) in [5.74, 6) is -5.43. The number of carbonyl (C=O) groups excluding carboxylic acids is 6. The van der Waals surface area contributed by atoms with Gasteiger partial charge < -0.3 is 67.6 Å². The highest BCUT2D eigenvalue weighted by molar-refractivity contribution is 5.92. The normalized spacial score (nSPS) is 17.0. The lowest BCUT2D eigenvalue weighted by Crippen LogP contribution is -2.50. The molecule has 76 heavy (non-hydrogen) atoms. The molecule has 23 heteroatoms. The van der Waals surface area contributed by atoms with Gasteiger partial charge in [-0.2, -0.15) is 4.99 Å². The molecule has 21 nitrogen and oxygen atoms in total. The third-order valence-electron chi connectivity index (χ3n) is 12.1. The van der Waals surface area contributed by atoms with Crippen LogP contribution in [0.3, 0.4) is 0 Å². The molecule has 416 valence electrons. The van der Waals surface area contributed by atoms with E-state index in [4.69, 9.17) is 19.9 Å². The first-order chi connectivity index (χ1) is 36.1. The van der Waals surface area contributed by atoms with E-state index in [0.29, 0.717) is 64.0 Å². The zero-order valence-electron chi connectivity index (χ0n) is 44.2. The highest BCUT2D eigenvalue weighted by Crippen LogP contribution is 2.36. The number of hydrogen-bond acceptors (Lipinski definition) is 12. The number of rotatable bonds is 25. The first-order valence-corrected chi connectivity index (χ1v) is 25.7. The number of aromatic hydroxyl groups is 1. The number of phenolic OH excluding ortho intramolecular Hbond substituents is 1. The van der Waals surface area contributed by atoms with Gasteiger partial charge in [0.2, 0.25) is 23.6 Å². The van der Waals surface area contributed by atoms with E-state index in [9.17, 15) is 42.7 Å². The molecule has 2 aliphatic rings. The molecule has 0 saturated carbocycles. The maximum atomic E-state index is 14.7. The monoisotopic (exact) mass is 1060 g/mol. The zero-order chi connectivity index (χ0) is 55.4. The summed E-state index contributed by atoms with van der Waals surface area (Å²) in [6.45, 7) is 12.6. The standard InChI is InChI=1S/C53H75F2N11O10/c1-7-44(68)59-24-25-61-50(72)65-49(56)60-20-12-18-43(47(70)63-30-38-40(54)26-35(67)27-41(38)55)64-48(71)46(33-14-9-8-10-15-33)66-31-34-16-11-17-42(39(34)32-66)57-21-13-22-58-45(69)29-37-28-36(74-53(5,6)75-37)19-23-62-51(73)76-52(2,3)4/h8-11,14-17,26-27,36-37,43,46,57,67H,7,12-13,18-25,28-32H2,1-6H3,(H,58,69)(H,59,68)(H,62,73)(H,63,70)(H,64,71)(H4,56,60,61,65,72)/t36-,37-,43-,46+/m1/s1. The number of amides is 7. The van der Waals surface area contributed by atoms with Crippen molar-refractivity contribution >= 4 is 47.4 Å². The third-order valence-corrected chi connectivity index (χ3v) is 12.1. The van der Waals surface area contributed by atoms with Gasteiger partial charge >= 0.3 is 12.1 Å². The van der Waals surface area contributed by atoms with Crippen LogP contribution in [0.15, 0.2) is 65.7 Å². The Kier molecular flexibility index (Phi) is 22.6. The predicted molar refractivity (Wildman–Crippen MR) is 280 cm³/mol. The fourth-order valence-corrected chi connectivity index (χ4v) is 8.73. The molecule has 0 aliphatic carbocycles. The summed E-state index contributed by atoms with van der Waals surface area (Å²) < 4.78 is 46.8. The Hall–Kier alpha value is -7.11. The largest absolute Gasteiger partial charge is 0.508 e. The summed E-state index contributed by atoms with van der Waals surface area (Å²) in [6.07, 6.45) is 1.19. The van der Waals surface area contributed by atoms with E-state index >= 15 is 0 Å². The minimum Gasteiger partial charge on any atom is -0.508 e. The molecule has 7 amide bonds. The second-order valence-electron chi connectivity index (χ2n) is 20.0. The smallest absolute Gasteiger partial charge is 0.407 e. The second kappa shape index (κ2) is 28.7. The van der Waals surface area contributed by atoms with Gasteiger partial charge in [-0.25, -0.2) is 18.4 Å². The summed E-state index contributed by atoms with van der Waals surface area (Å²) in [6, 6.07) is 13.6. The maximum absolute atomic E-state index is 14.7. The van der Waals surface area contributed by atoms with Gasteiger partial charge in [0.1, 0.15) is 35.1 Å². The summed E-state index contributed by atoms with van der Waals surface area (Å²) in [7, 11) is 0. The lowest BCUT2D eigenvalue weighted by Gasteiger charge is -2.40. The van der Waals surface area contributed by atoms with Crippen LogP contribution in [0.2, 0.25) is 0 Å². The van der Waals surface area contributed by atoms with Crippen LogP contribution < -0.4 is 48.3 Å². The van der Waals surface area contributed by atoms with Crippen LogP contribution in [0, 0.1) is 11.6 Å². The molecule has 2 aliphatic heterocycles. The lowest BCUT2D eigenvalue weighted by atomic mass is 10.0. The van der Waals surface area contributed by atoms with Crippen LogP contribution in [0.5, 0.6) is 5.75 Å². The lowest BCUT2D eigenvalue weighted by molar-refractivity contribution is -0.299. The number of nitrogens with two attached hydrogens (primary N) is 1. The van der Waals surface area contributed by atoms with Crippen molar-refractivity contribution in [3.63, 3.8) is 0 Å². The molecule has 0 aromatic heterocycles. The first-order valence-electron chi connectivity index (χ1n) is 25.7. The van der Waals surface area contributed by atoms with Crippen molar-refractivity contribution in [2.45, 2.75) is 142 Å². The Morgan fingerprint density at radius 3 is 2.21 bits per heavy atom. The van der Waals surface area contributed by atoms with E-state index in [2.05, 4.69) is 47.5 Å². The van der Waals surface area contributed by atoms with E-state index in [1.165, 1.54) is 0 Å². The molecule has 4 atom stereocenters. The van der Waals surface area contributed by atoms with Crippen LogP contribution in [0.4, 0.5) is 24.1 Å². The Morgan fingerprint density at radius 2 is 1.50 bits per heavy atom. The SMILES string of the molecule is CCC(=O)NCCNC(=O)/N=C(/N)NCCC[C@@H](NC(=O)[C@H](c1ccccc1)N1Cc2cccc(NCCCNC(=O)C[C@H]3C[C@@H](CCNC(=O)OC(C)(C)C)OC(C)(C)O3)c2C1)C(=O)NCc1c(F)cc(O)cc1F. The quantitative estimate of drug-likeness (QED) is 0.0316. The number of guanidine groups is 1. The van der Waals surface area contributed by atoms with Crippen molar-refractivity contribution in [3.8, 4) is 5.75 Å². The van der Waals surface area contributed by atoms with Gasteiger partial charge in [-0.05, 0) is 83.1 Å². The van der Waals surface area contributed by atoms with Crippen molar-refractivity contribution in [1.82, 2.24) is 42.1 Å². The van der Waals surface area contributed by atoms with Crippen molar-refractivity contribution in [2.24, 2.45) is 10.7 Å². The third kappa shape index (κ3) is 19.9. The van der Waals surface area contributed by atoms with Crippen LogP contribution >= 0.6 is 0 Å². The topological polar surface area (TPSA) is 288 Å². The van der Waals surface area contributed by atoms with E-state index < -0.39 is 76.9 Å². The number of benzene rings is 3. The Morgan fingerprint density at radius 1 is 0.816 bits per heavy atom. The summed E-state index contributed by atoms with van der Waals surface area (Å²) >= 11 is 0. The fourth-order valence-electron chi connectivity index (χ4n) is 8.73. The number of ether oxygens (including phenoxy) is 3. The Bertz CT molecular complexity index is 2470. The minimum absolute atomic E-state index is 0.0244. The number of alkyl carbamates (subject to hydrolysis) is 1. The van der Waals surface area contributed by atoms with Crippen molar-refractivity contribution in [3.05, 3.63) is 94.6 Å². The number of hydrogen-bond donors (Lipinski definition) is 10. The van der Waals surface area contributed by atoms with Crippen molar-refractivity contribution < 1.29 is 56.9 Å². The average Bonchev–Trinajstić information content (AvgIpc) is 3.77. The van der Waals surface area contributed by atoms with Crippen LogP contribution in [-0.2, 0) is 53.0 Å². The fraction of sp³-hybridized carbons (Fsp3) is 0.528. The first kappa shape index (κ1) is 59.8. The summed E-state index contributed by atoms with van der Waals surface area (Å²) in [5.41, 5.74) is 8.31. The average molecular weight is 1060 g/mol. The van der Waals surface area contributed by atoms with E-state index in [1.807, 2.05) is 41.3 Å². The van der Waals surface area contributed by atoms with Gasteiger partial charge in [-0.1, -0.05) is 49.4 Å². The van der Waals surface area contributed by atoms with Gasteiger partial charge in [0.25, 0.3) is 0 Å². The molecule has 11 N–H and O–H groups in total. The molecular weight excluding hydrogens is 989 g/mol. The number of phenols is 1. The number of anilines is 1. The zero-order valence-corrected chi connectivity index (χ0v) is 44.2. The number of carbonyl (C=O) groups is 6. The molecule has 3 aromatic carbocycles. The highest BCUT2D eigenvalue weighted by atomic mass is 19.1. The van der Waals surface area contributed by atoms with Crippen LogP contribution in [-0.4, -0.2) is 121 Å². The van der Waals surface area contributed by atoms with Gasteiger partial charge in [0, 0.05) is 95.1 Å². The molecular formula is C53H75F2N11O10. The van der Waals surface area contributed by atoms with Crippen LogP contribution in [0.1, 0.15) is 115 Å². The molecule has 1 saturated heterocycles. The van der Waals surface area contributed by atoms with Gasteiger partial charge in [-0.3, -0.25) is 24.1 Å². The summed E-state index contributed by atoms with van der Waals surface area (Å²) in [5, 5.41) is 32.2. The molecule has 0 unspecified atom stereocenters. The minimum atomic E-state index is -1.21. The number of aliphatic imine (C=N–C) groups is 1. The molecule has 1 fully saturated rings. The molecule has 5 rings (SSSR count). The molecule has 2 heterocycles. The van der Waals surface area contributed by atoms with E-state index in [1.54, 1.807) is 53.7 Å². The van der Waals surface area contributed by atoms with Crippen molar-refractivity contribution in [1.29, 1.82) is 0 Å². The Labute approximate surface area is 442 Å². The molecule has 0 radical (unpaired) electrons. The predicted octanol–water partition coefficient (Wildman–Crippen LogP) is 4.58. The Balaban J connectivity index is 1.17. The number of halogens is 2. The van der Waals surface area contributed by atoms with Gasteiger partial charge in [0.05, 0.1) is 18.6 Å². The maximum Gasteiger partial charge on any atom is 0.407 e. The summed E-state index contributed by atoms with van der Waals surface area (Å²) in [4.78, 5) is 83.1. The number of fused-ring (bicyclic) bond motifs is 1. The van der Waals surface area contributed by atoms with E-state index in [-0.39, 0.29) is 68.9 Å². The highest BCUT2D eigenvalue weighted by Gasteiger charge is 2.37. The van der Waals surface area contributed by atoms with Gasteiger partial charge in [-0.15, -0.1) is 0 Å². The van der Waals surface area contributed by atoms with Crippen molar-refractivity contribution in [2.75, 3.05) is 44.6 Å². The molecule has 0 bridgehead atoms. The molecule has 3 aromatic rings. The van der Waals surface area contributed by atoms with Crippen LogP contribution in [0.25, 0.3) is 0 Å². The van der Waals surface area contributed by atoms with Gasteiger partial charge in [0.15, 0.2) is 11.7 Å². The van der Waals surface area contributed by atoms with E-state index in [0.717, 1.165) is 28.9 Å².